The molecule has 2 heterocycles. The fourth-order valence-corrected chi connectivity index (χ4v) is 3.03. The number of rotatable bonds is 8. The molecule has 2 aromatic heterocycles. The first-order valence-electron chi connectivity index (χ1n) is 9.75. The van der Waals surface area contributed by atoms with Gasteiger partial charge < -0.3 is 19.0 Å². The summed E-state index contributed by atoms with van der Waals surface area (Å²) < 4.78 is 15.9. The summed E-state index contributed by atoms with van der Waals surface area (Å²) in [5.41, 5.74) is 1.81. The average molecular weight is 416 g/mol. The van der Waals surface area contributed by atoms with Gasteiger partial charge in [0.1, 0.15) is 18.3 Å². The second-order valence-corrected chi connectivity index (χ2v) is 6.85. The van der Waals surface area contributed by atoms with Crippen LogP contribution in [0.5, 0.6) is 0 Å². The molecule has 1 amide bonds. The van der Waals surface area contributed by atoms with Crippen molar-refractivity contribution in [1.29, 1.82) is 0 Å². The second-order valence-electron chi connectivity index (χ2n) is 6.85. The number of nitrogens with one attached hydrogen (secondary N) is 1. The van der Waals surface area contributed by atoms with Crippen LogP contribution in [0.15, 0.2) is 94.1 Å². The monoisotopic (exact) mass is 416 g/mol. The Labute approximate surface area is 178 Å². The summed E-state index contributed by atoms with van der Waals surface area (Å²) in [6.45, 7) is -0.0878. The summed E-state index contributed by atoms with van der Waals surface area (Å²) >= 11 is 0. The number of nitrogens with zero attached hydrogens (tertiary/aromatic N) is 1. The summed E-state index contributed by atoms with van der Waals surface area (Å²) in [4.78, 5) is 25.4. The summed E-state index contributed by atoms with van der Waals surface area (Å²) in [7, 11) is 0. The van der Waals surface area contributed by atoms with E-state index in [0.29, 0.717) is 29.2 Å². The van der Waals surface area contributed by atoms with E-state index in [0.717, 1.165) is 5.56 Å². The highest BCUT2D eigenvalue weighted by Crippen LogP contribution is 2.21. The van der Waals surface area contributed by atoms with Crippen LogP contribution >= 0.6 is 0 Å². The third-order valence-electron chi connectivity index (χ3n) is 4.59. The van der Waals surface area contributed by atoms with E-state index in [2.05, 4.69) is 10.5 Å². The topological polar surface area (TPSA) is 94.6 Å². The van der Waals surface area contributed by atoms with Crippen molar-refractivity contribution in [3.8, 4) is 11.5 Å². The Bertz CT molecular complexity index is 1120. The highest BCUT2D eigenvalue weighted by molar-refractivity contribution is 5.96. The molecule has 0 bridgehead atoms. The standard InChI is InChI=1S/C24H20N2O5/c27-23(18-10-5-2-6-11-18)25-20(14-17-8-3-1-4-9-17)24(28)30-16-19-15-22(31-26-19)21-12-7-13-29-21/h1-13,15,20H,14,16H2,(H,25,27)/t20-/m0/s1. The van der Waals surface area contributed by atoms with Gasteiger partial charge in [0.2, 0.25) is 5.76 Å². The lowest BCUT2D eigenvalue weighted by molar-refractivity contribution is -0.147. The van der Waals surface area contributed by atoms with Crippen LogP contribution in [-0.4, -0.2) is 23.1 Å². The predicted molar refractivity (Wildman–Crippen MR) is 112 cm³/mol. The van der Waals surface area contributed by atoms with Crippen LogP contribution in [0.25, 0.3) is 11.5 Å². The van der Waals surface area contributed by atoms with Gasteiger partial charge in [0.25, 0.3) is 5.91 Å². The van der Waals surface area contributed by atoms with E-state index in [4.69, 9.17) is 13.7 Å². The third-order valence-corrected chi connectivity index (χ3v) is 4.59. The molecule has 0 radical (unpaired) electrons. The SMILES string of the molecule is O=C(N[C@@H](Cc1ccccc1)C(=O)OCc1cc(-c2ccco2)on1)c1ccccc1. The van der Waals surface area contributed by atoms with Gasteiger partial charge in [0.05, 0.1) is 6.26 Å². The molecule has 0 aliphatic rings. The molecule has 4 rings (SSSR count). The van der Waals surface area contributed by atoms with Gasteiger partial charge in [0.15, 0.2) is 5.76 Å². The Balaban J connectivity index is 1.43. The van der Waals surface area contributed by atoms with Crippen molar-refractivity contribution in [2.45, 2.75) is 19.1 Å². The molecule has 156 valence electrons. The smallest absolute Gasteiger partial charge is 0.329 e. The van der Waals surface area contributed by atoms with Crippen LogP contribution < -0.4 is 5.32 Å². The lowest BCUT2D eigenvalue weighted by Gasteiger charge is -2.17. The number of amides is 1. The number of hydrogen-bond acceptors (Lipinski definition) is 6. The molecule has 0 aliphatic carbocycles. The Morgan fingerprint density at radius 3 is 2.39 bits per heavy atom. The third kappa shape index (κ3) is 5.27. The lowest BCUT2D eigenvalue weighted by Crippen LogP contribution is -2.43. The number of furan rings is 1. The minimum atomic E-state index is -0.855. The van der Waals surface area contributed by atoms with Gasteiger partial charge in [-0.1, -0.05) is 53.7 Å². The molecule has 0 aliphatic heterocycles. The van der Waals surface area contributed by atoms with Crippen LogP contribution in [0, 0.1) is 0 Å². The molecule has 7 heteroatoms. The first kappa shape index (κ1) is 20.2. The largest absolute Gasteiger partial charge is 0.461 e. The van der Waals surface area contributed by atoms with Gasteiger partial charge in [-0.15, -0.1) is 0 Å². The minimum Gasteiger partial charge on any atom is -0.461 e. The maximum Gasteiger partial charge on any atom is 0.329 e. The maximum absolute atomic E-state index is 12.8. The molecule has 7 nitrogen and oxygen atoms in total. The van der Waals surface area contributed by atoms with Crippen LogP contribution in [0.1, 0.15) is 21.6 Å². The van der Waals surface area contributed by atoms with Gasteiger partial charge in [-0.25, -0.2) is 4.79 Å². The van der Waals surface area contributed by atoms with E-state index in [1.54, 1.807) is 42.5 Å². The van der Waals surface area contributed by atoms with E-state index in [9.17, 15) is 9.59 Å². The zero-order chi connectivity index (χ0) is 21.5. The molecule has 0 spiro atoms. The molecular weight excluding hydrogens is 396 g/mol. The molecule has 31 heavy (non-hydrogen) atoms. The number of aromatic nitrogens is 1. The summed E-state index contributed by atoms with van der Waals surface area (Å²) in [6.07, 6.45) is 1.83. The maximum atomic E-state index is 12.8. The zero-order valence-electron chi connectivity index (χ0n) is 16.6. The van der Waals surface area contributed by atoms with E-state index < -0.39 is 12.0 Å². The quantitative estimate of drug-likeness (QED) is 0.436. The Morgan fingerprint density at radius 2 is 1.68 bits per heavy atom. The number of ether oxygens (including phenoxy) is 1. The van der Waals surface area contributed by atoms with Crippen LogP contribution in [-0.2, 0) is 22.6 Å². The number of carbonyl (C=O) groups is 2. The van der Waals surface area contributed by atoms with Gasteiger partial charge >= 0.3 is 5.97 Å². The molecule has 0 saturated heterocycles. The molecular formula is C24H20N2O5. The first-order chi connectivity index (χ1) is 15.2. The number of hydrogen-bond donors (Lipinski definition) is 1. The van der Waals surface area contributed by atoms with Crippen molar-refractivity contribution < 1.29 is 23.3 Å². The van der Waals surface area contributed by atoms with Crippen molar-refractivity contribution in [1.82, 2.24) is 10.5 Å². The van der Waals surface area contributed by atoms with Crippen LogP contribution in [0.2, 0.25) is 0 Å². The van der Waals surface area contributed by atoms with Gasteiger partial charge in [-0.3, -0.25) is 4.79 Å². The normalized spacial score (nSPS) is 11.6. The van der Waals surface area contributed by atoms with Gasteiger partial charge in [0, 0.05) is 18.1 Å². The Hall–Kier alpha value is -4.13. The van der Waals surface area contributed by atoms with Crippen molar-refractivity contribution >= 4 is 11.9 Å². The van der Waals surface area contributed by atoms with Crippen molar-refractivity contribution in [3.05, 3.63) is 102 Å². The summed E-state index contributed by atoms with van der Waals surface area (Å²) in [5.74, 6) is 0.0622. The lowest BCUT2D eigenvalue weighted by atomic mass is 10.1. The number of carbonyl (C=O) groups excluding carboxylic acids is 2. The first-order valence-corrected chi connectivity index (χ1v) is 9.75. The number of esters is 1. The predicted octanol–water partition coefficient (Wildman–Crippen LogP) is 4.02. The van der Waals surface area contributed by atoms with E-state index in [1.165, 1.54) is 6.26 Å². The second kappa shape index (κ2) is 9.58. The number of benzene rings is 2. The highest BCUT2D eigenvalue weighted by Gasteiger charge is 2.24. The van der Waals surface area contributed by atoms with E-state index >= 15 is 0 Å². The van der Waals surface area contributed by atoms with E-state index in [-0.39, 0.29) is 12.5 Å². The Kier molecular flexibility index (Phi) is 6.23. The summed E-state index contributed by atoms with van der Waals surface area (Å²) in [6, 6.07) is 22.4. The molecule has 1 N–H and O–H groups in total. The van der Waals surface area contributed by atoms with Gasteiger partial charge in [-0.05, 0) is 29.8 Å². The fraction of sp³-hybridized carbons (Fsp3) is 0.125. The molecule has 1 atom stereocenters. The minimum absolute atomic E-state index is 0.0878. The molecule has 0 saturated carbocycles. The average Bonchev–Trinajstić information content (AvgIpc) is 3.50. The molecule has 2 aromatic carbocycles. The van der Waals surface area contributed by atoms with E-state index in [1.807, 2.05) is 36.4 Å². The van der Waals surface area contributed by atoms with Crippen LogP contribution in [0.4, 0.5) is 0 Å². The summed E-state index contributed by atoms with van der Waals surface area (Å²) in [5, 5.41) is 6.67. The van der Waals surface area contributed by atoms with Crippen molar-refractivity contribution in [2.24, 2.45) is 0 Å². The van der Waals surface area contributed by atoms with Crippen molar-refractivity contribution in [2.75, 3.05) is 0 Å². The van der Waals surface area contributed by atoms with Crippen molar-refractivity contribution in [3.63, 3.8) is 0 Å². The molecule has 4 aromatic rings. The molecule has 0 fully saturated rings. The zero-order valence-corrected chi connectivity index (χ0v) is 16.6. The molecule has 0 unspecified atom stereocenters. The highest BCUT2D eigenvalue weighted by atomic mass is 16.5. The Morgan fingerprint density at radius 1 is 0.935 bits per heavy atom. The van der Waals surface area contributed by atoms with Gasteiger partial charge in [-0.2, -0.15) is 0 Å². The van der Waals surface area contributed by atoms with Crippen LogP contribution in [0.3, 0.4) is 0 Å². The fourth-order valence-electron chi connectivity index (χ4n) is 3.03.